The van der Waals surface area contributed by atoms with Crippen LogP contribution in [-0.2, 0) is 4.79 Å². The molecule has 0 aliphatic heterocycles. The van der Waals surface area contributed by atoms with Gasteiger partial charge in [0.05, 0.1) is 6.04 Å². The number of nitrogens with one attached hydrogen (secondary N) is 1. The Morgan fingerprint density at radius 1 is 1.37 bits per heavy atom. The number of hydrogen-bond acceptors (Lipinski definition) is 2. The first-order chi connectivity index (χ1) is 8.98. The van der Waals surface area contributed by atoms with Crippen LogP contribution in [0.4, 0.5) is 0 Å². The zero-order valence-electron chi connectivity index (χ0n) is 11.3. The third kappa shape index (κ3) is 3.95. The van der Waals surface area contributed by atoms with Gasteiger partial charge in [0, 0.05) is 17.0 Å². The third-order valence-corrected chi connectivity index (χ3v) is 4.11. The van der Waals surface area contributed by atoms with Crippen molar-refractivity contribution in [2.75, 3.05) is 0 Å². The molecule has 104 valence electrons. The van der Waals surface area contributed by atoms with Crippen LogP contribution in [0.25, 0.3) is 0 Å². The van der Waals surface area contributed by atoms with Crippen LogP contribution in [0.1, 0.15) is 50.6 Å². The highest BCUT2D eigenvalue weighted by Crippen LogP contribution is 2.30. The summed E-state index contributed by atoms with van der Waals surface area (Å²) < 4.78 is 0. The number of rotatable bonds is 4. The van der Waals surface area contributed by atoms with Crippen molar-refractivity contribution in [3.05, 3.63) is 34.9 Å². The Bertz CT molecular complexity index is 438. The van der Waals surface area contributed by atoms with E-state index in [0.29, 0.717) is 11.4 Å². The smallest absolute Gasteiger partial charge is 0.222 e. The van der Waals surface area contributed by atoms with Crippen LogP contribution in [0.15, 0.2) is 24.3 Å². The van der Waals surface area contributed by atoms with Crippen molar-refractivity contribution in [2.45, 2.75) is 50.6 Å². The van der Waals surface area contributed by atoms with Gasteiger partial charge in [-0.1, -0.05) is 36.6 Å². The van der Waals surface area contributed by atoms with Crippen LogP contribution >= 0.6 is 11.6 Å². The van der Waals surface area contributed by atoms with Gasteiger partial charge in [-0.3, -0.25) is 4.79 Å². The molecule has 0 radical (unpaired) electrons. The summed E-state index contributed by atoms with van der Waals surface area (Å²) in [5.41, 5.74) is 6.98. The standard InChI is InChI=1S/C15H21ClN2O/c1-11(12-4-6-13(16)7-5-12)18-14(19)10-15(17)8-2-3-9-15/h4-7,11H,2-3,8-10,17H2,1H3,(H,18,19)/t11-/m1/s1. The minimum atomic E-state index is -0.288. The van der Waals surface area contributed by atoms with Crippen molar-refractivity contribution >= 4 is 17.5 Å². The quantitative estimate of drug-likeness (QED) is 0.890. The van der Waals surface area contributed by atoms with E-state index in [4.69, 9.17) is 17.3 Å². The number of carbonyl (C=O) groups excluding carboxylic acids is 1. The summed E-state index contributed by atoms with van der Waals surface area (Å²) in [7, 11) is 0. The lowest BCUT2D eigenvalue weighted by molar-refractivity contribution is -0.122. The van der Waals surface area contributed by atoms with Crippen LogP contribution < -0.4 is 11.1 Å². The Balaban J connectivity index is 1.89. The minimum Gasteiger partial charge on any atom is -0.350 e. The van der Waals surface area contributed by atoms with E-state index >= 15 is 0 Å². The number of hydrogen-bond donors (Lipinski definition) is 2. The van der Waals surface area contributed by atoms with Gasteiger partial charge < -0.3 is 11.1 Å². The van der Waals surface area contributed by atoms with Crippen molar-refractivity contribution in [3.8, 4) is 0 Å². The summed E-state index contributed by atoms with van der Waals surface area (Å²) >= 11 is 5.85. The molecule has 0 spiro atoms. The highest BCUT2D eigenvalue weighted by molar-refractivity contribution is 6.30. The van der Waals surface area contributed by atoms with Crippen LogP contribution in [0, 0.1) is 0 Å². The summed E-state index contributed by atoms with van der Waals surface area (Å²) in [6.07, 6.45) is 4.60. The predicted molar refractivity (Wildman–Crippen MR) is 78.0 cm³/mol. The molecule has 1 atom stereocenters. The van der Waals surface area contributed by atoms with Crippen LogP contribution in [0.5, 0.6) is 0 Å². The molecule has 19 heavy (non-hydrogen) atoms. The average Bonchev–Trinajstić information content (AvgIpc) is 2.76. The lowest BCUT2D eigenvalue weighted by Crippen LogP contribution is -2.42. The summed E-state index contributed by atoms with van der Waals surface area (Å²) in [5.74, 6) is 0.0341. The van der Waals surface area contributed by atoms with Crippen molar-refractivity contribution in [3.63, 3.8) is 0 Å². The first kappa shape index (κ1) is 14.4. The van der Waals surface area contributed by atoms with E-state index in [1.54, 1.807) is 0 Å². The molecule has 1 aromatic rings. The van der Waals surface area contributed by atoms with Crippen LogP contribution in [-0.4, -0.2) is 11.4 Å². The molecule has 4 heteroatoms. The van der Waals surface area contributed by atoms with Gasteiger partial charge in [0.2, 0.25) is 5.91 Å². The molecule has 0 aromatic heterocycles. The van der Waals surface area contributed by atoms with Gasteiger partial charge in [-0.25, -0.2) is 0 Å². The molecule has 0 saturated heterocycles. The van der Waals surface area contributed by atoms with Gasteiger partial charge in [0.15, 0.2) is 0 Å². The normalized spacial score (nSPS) is 19.1. The van der Waals surface area contributed by atoms with Crippen LogP contribution in [0.2, 0.25) is 5.02 Å². The summed E-state index contributed by atoms with van der Waals surface area (Å²) in [6, 6.07) is 7.51. The number of amides is 1. The zero-order valence-corrected chi connectivity index (χ0v) is 12.0. The first-order valence-electron chi connectivity index (χ1n) is 6.82. The first-order valence-corrected chi connectivity index (χ1v) is 7.20. The fourth-order valence-corrected chi connectivity index (χ4v) is 2.83. The summed E-state index contributed by atoms with van der Waals surface area (Å²) in [6.45, 7) is 1.97. The van der Waals surface area contributed by atoms with Gasteiger partial charge in [0.25, 0.3) is 0 Å². The Kier molecular flexibility index (Phi) is 4.48. The molecule has 0 bridgehead atoms. The number of nitrogens with two attached hydrogens (primary N) is 1. The van der Waals surface area contributed by atoms with E-state index in [9.17, 15) is 4.79 Å². The van der Waals surface area contributed by atoms with E-state index in [1.165, 1.54) is 0 Å². The second kappa shape index (κ2) is 5.93. The Hall–Kier alpha value is -1.06. The Labute approximate surface area is 119 Å². The molecule has 1 aromatic carbocycles. The fraction of sp³-hybridized carbons (Fsp3) is 0.533. The maximum absolute atomic E-state index is 12.0. The molecule has 1 aliphatic rings. The Morgan fingerprint density at radius 2 is 1.95 bits per heavy atom. The van der Waals surface area contributed by atoms with Gasteiger partial charge in [0.1, 0.15) is 0 Å². The lowest BCUT2D eigenvalue weighted by Gasteiger charge is -2.24. The molecule has 3 N–H and O–H groups in total. The van der Waals surface area contributed by atoms with E-state index in [0.717, 1.165) is 31.2 Å². The molecule has 1 aliphatic carbocycles. The molecule has 1 fully saturated rings. The Morgan fingerprint density at radius 3 is 2.53 bits per heavy atom. The highest BCUT2D eigenvalue weighted by Gasteiger charge is 2.31. The second-order valence-electron chi connectivity index (χ2n) is 5.59. The van der Waals surface area contributed by atoms with Crippen molar-refractivity contribution in [1.29, 1.82) is 0 Å². The molecule has 2 rings (SSSR count). The number of halogens is 1. The van der Waals surface area contributed by atoms with E-state index < -0.39 is 0 Å². The minimum absolute atomic E-state index is 0.0187. The van der Waals surface area contributed by atoms with Gasteiger partial charge >= 0.3 is 0 Å². The van der Waals surface area contributed by atoms with E-state index in [1.807, 2.05) is 31.2 Å². The van der Waals surface area contributed by atoms with Crippen LogP contribution in [0.3, 0.4) is 0 Å². The van der Waals surface area contributed by atoms with E-state index in [2.05, 4.69) is 5.32 Å². The predicted octanol–water partition coefficient (Wildman–Crippen LogP) is 3.18. The lowest BCUT2D eigenvalue weighted by atomic mass is 9.94. The fourth-order valence-electron chi connectivity index (χ4n) is 2.70. The van der Waals surface area contributed by atoms with Crippen molar-refractivity contribution in [2.24, 2.45) is 5.73 Å². The molecular formula is C15H21ClN2O. The van der Waals surface area contributed by atoms with Gasteiger partial charge in [-0.2, -0.15) is 0 Å². The maximum Gasteiger partial charge on any atom is 0.222 e. The molecule has 0 unspecified atom stereocenters. The molecule has 1 amide bonds. The summed E-state index contributed by atoms with van der Waals surface area (Å²) in [4.78, 5) is 12.0. The topological polar surface area (TPSA) is 55.1 Å². The largest absolute Gasteiger partial charge is 0.350 e. The third-order valence-electron chi connectivity index (χ3n) is 3.86. The number of benzene rings is 1. The molecule has 3 nitrogen and oxygen atoms in total. The monoisotopic (exact) mass is 280 g/mol. The van der Waals surface area contributed by atoms with E-state index in [-0.39, 0.29) is 17.5 Å². The van der Waals surface area contributed by atoms with Crippen molar-refractivity contribution in [1.82, 2.24) is 5.32 Å². The number of carbonyl (C=O) groups is 1. The highest BCUT2D eigenvalue weighted by atomic mass is 35.5. The molecule has 0 heterocycles. The molecular weight excluding hydrogens is 260 g/mol. The van der Waals surface area contributed by atoms with Crippen molar-refractivity contribution < 1.29 is 4.79 Å². The summed E-state index contributed by atoms with van der Waals surface area (Å²) in [5, 5.41) is 3.71. The average molecular weight is 281 g/mol. The maximum atomic E-state index is 12.0. The molecule has 1 saturated carbocycles. The SMILES string of the molecule is C[C@@H](NC(=O)CC1(N)CCCC1)c1ccc(Cl)cc1. The second-order valence-corrected chi connectivity index (χ2v) is 6.02. The van der Waals surface area contributed by atoms with Gasteiger partial charge in [-0.05, 0) is 37.5 Å². The van der Waals surface area contributed by atoms with Gasteiger partial charge in [-0.15, -0.1) is 0 Å². The zero-order chi connectivity index (χ0) is 13.9.